The number of carbonyl (C=O) groups excluding carboxylic acids is 1. The third-order valence-corrected chi connectivity index (χ3v) is 2.83. The highest BCUT2D eigenvalue weighted by Gasteiger charge is 2.24. The molecule has 0 aromatic heterocycles. The van der Waals surface area contributed by atoms with Crippen molar-refractivity contribution in [2.24, 2.45) is 0 Å². The molecule has 1 aromatic carbocycles. The van der Waals surface area contributed by atoms with E-state index in [0.29, 0.717) is 12.6 Å². The van der Waals surface area contributed by atoms with Gasteiger partial charge in [0.25, 0.3) is 0 Å². The third-order valence-electron chi connectivity index (χ3n) is 2.83. The van der Waals surface area contributed by atoms with Gasteiger partial charge >= 0.3 is 6.41 Å². The Labute approximate surface area is 84.5 Å². The molecule has 1 aliphatic carbocycles. The molecule has 1 aliphatic rings. The lowest BCUT2D eigenvalue weighted by molar-refractivity contribution is 0.195. The van der Waals surface area contributed by atoms with E-state index in [4.69, 9.17) is 0 Å². The number of hydrogen-bond donors (Lipinski definition) is 0. The number of nitrogens with zero attached hydrogens (tertiary/aromatic N) is 1. The maximum absolute atomic E-state index is 10.7. The highest BCUT2D eigenvalue weighted by Crippen LogP contribution is 2.24. The predicted octanol–water partition coefficient (Wildman–Crippen LogP) is 2.11. The first-order valence-corrected chi connectivity index (χ1v) is 5.08. The topological polar surface area (TPSA) is 20.3 Å². The van der Waals surface area contributed by atoms with Crippen molar-refractivity contribution in [2.75, 3.05) is 0 Å². The number of amides is 1. The fourth-order valence-electron chi connectivity index (χ4n) is 1.71. The molecule has 0 bridgehead atoms. The molecule has 0 aliphatic heterocycles. The maximum atomic E-state index is 10.7. The molecule has 0 atom stereocenters. The van der Waals surface area contributed by atoms with Crippen LogP contribution in [0.1, 0.15) is 24.8 Å². The Kier molecular flexibility index (Phi) is 2.82. The van der Waals surface area contributed by atoms with Crippen LogP contribution in [-0.2, 0) is 11.3 Å². The normalized spacial score (nSPS) is 16.0. The summed E-state index contributed by atoms with van der Waals surface area (Å²) in [5.74, 6) is 0. The first kappa shape index (κ1) is 9.25. The summed E-state index contributed by atoms with van der Waals surface area (Å²) >= 11 is 0. The molecule has 0 spiro atoms. The standard InChI is InChI=1S/C12H14NO/c14-10-13(12-7-4-8-12)9-11-5-2-1-3-6-11/h1-3,5-6,12H,4,7-9H2. The quantitative estimate of drug-likeness (QED) is 0.663. The molecule has 2 nitrogen and oxygen atoms in total. The van der Waals surface area contributed by atoms with Crippen molar-refractivity contribution < 1.29 is 4.79 Å². The van der Waals surface area contributed by atoms with Gasteiger partial charge in [0.15, 0.2) is 0 Å². The van der Waals surface area contributed by atoms with Gasteiger partial charge in [-0.3, -0.25) is 4.79 Å². The summed E-state index contributed by atoms with van der Waals surface area (Å²) < 4.78 is 0. The van der Waals surface area contributed by atoms with E-state index in [0.717, 1.165) is 12.8 Å². The summed E-state index contributed by atoms with van der Waals surface area (Å²) in [5.41, 5.74) is 1.18. The smallest absolute Gasteiger partial charge is 0.312 e. The van der Waals surface area contributed by atoms with E-state index in [1.165, 1.54) is 12.0 Å². The van der Waals surface area contributed by atoms with Gasteiger partial charge in [-0.25, -0.2) is 0 Å². The monoisotopic (exact) mass is 188 g/mol. The van der Waals surface area contributed by atoms with Crippen LogP contribution in [0.15, 0.2) is 30.3 Å². The minimum absolute atomic E-state index is 0.438. The predicted molar refractivity (Wildman–Crippen MR) is 55.3 cm³/mol. The average molecular weight is 188 g/mol. The Bertz CT molecular complexity index is 292. The highest BCUT2D eigenvalue weighted by atomic mass is 16.1. The van der Waals surface area contributed by atoms with Crippen molar-refractivity contribution in [3.63, 3.8) is 0 Å². The van der Waals surface area contributed by atoms with Crippen molar-refractivity contribution in [3.05, 3.63) is 35.9 Å². The molecule has 0 unspecified atom stereocenters. The van der Waals surface area contributed by atoms with Crippen molar-refractivity contribution in [3.8, 4) is 0 Å². The van der Waals surface area contributed by atoms with E-state index in [-0.39, 0.29) is 0 Å². The molecular formula is C12H14NO. The molecular weight excluding hydrogens is 174 g/mol. The second kappa shape index (κ2) is 4.27. The SMILES string of the molecule is O=[C]N(Cc1ccccc1)C1CCC1. The average Bonchev–Trinajstić information content (AvgIpc) is 2.15. The fourth-order valence-corrected chi connectivity index (χ4v) is 1.71. The lowest BCUT2D eigenvalue weighted by atomic mass is 9.91. The molecule has 1 aromatic rings. The minimum Gasteiger partial charge on any atom is -0.327 e. The minimum atomic E-state index is 0.438. The van der Waals surface area contributed by atoms with Crippen molar-refractivity contribution >= 4 is 6.41 Å². The summed E-state index contributed by atoms with van der Waals surface area (Å²) in [6, 6.07) is 10.5. The molecule has 73 valence electrons. The third kappa shape index (κ3) is 1.95. The molecule has 1 saturated carbocycles. The number of rotatable bonds is 4. The Morgan fingerprint density at radius 3 is 2.50 bits per heavy atom. The summed E-state index contributed by atoms with van der Waals surface area (Å²) in [4.78, 5) is 12.5. The van der Waals surface area contributed by atoms with Gasteiger partial charge in [0, 0.05) is 12.6 Å². The van der Waals surface area contributed by atoms with Crippen molar-refractivity contribution in [1.29, 1.82) is 0 Å². The van der Waals surface area contributed by atoms with E-state index in [2.05, 4.69) is 0 Å². The van der Waals surface area contributed by atoms with E-state index >= 15 is 0 Å². The van der Waals surface area contributed by atoms with Crippen molar-refractivity contribution in [2.45, 2.75) is 31.8 Å². The molecule has 14 heavy (non-hydrogen) atoms. The van der Waals surface area contributed by atoms with Crippen LogP contribution in [0, 0.1) is 0 Å². The van der Waals surface area contributed by atoms with E-state index in [1.807, 2.05) is 36.7 Å². The largest absolute Gasteiger partial charge is 0.327 e. The molecule has 0 heterocycles. The van der Waals surface area contributed by atoms with Crippen LogP contribution in [0.3, 0.4) is 0 Å². The highest BCUT2D eigenvalue weighted by molar-refractivity contribution is 5.49. The zero-order valence-corrected chi connectivity index (χ0v) is 8.15. The summed E-state index contributed by atoms with van der Waals surface area (Å²) in [6.07, 6.45) is 5.57. The summed E-state index contributed by atoms with van der Waals surface area (Å²) in [6.45, 7) is 0.703. The first-order valence-electron chi connectivity index (χ1n) is 5.08. The second-order valence-corrected chi connectivity index (χ2v) is 3.79. The molecule has 0 N–H and O–H groups in total. The van der Waals surface area contributed by atoms with Gasteiger partial charge in [-0.1, -0.05) is 30.3 Å². The summed E-state index contributed by atoms with van der Waals surface area (Å²) in [5, 5.41) is 0. The summed E-state index contributed by atoms with van der Waals surface area (Å²) in [7, 11) is 0. The molecule has 1 amide bonds. The van der Waals surface area contributed by atoms with E-state index in [1.54, 1.807) is 4.90 Å². The molecule has 2 rings (SSSR count). The van der Waals surface area contributed by atoms with Crippen molar-refractivity contribution in [1.82, 2.24) is 4.90 Å². The fraction of sp³-hybridized carbons (Fsp3) is 0.417. The Hall–Kier alpha value is -1.31. The van der Waals surface area contributed by atoms with Gasteiger partial charge < -0.3 is 4.90 Å². The molecule has 2 heteroatoms. The number of benzene rings is 1. The van der Waals surface area contributed by atoms with E-state index in [9.17, 15) is 4.79 Å². The Morgan fingerprint density at radius 2 is 2.00 bits per heavy atom. The van der Waals surface area contributed by atoms with Crippen LogP contribution < -0.4 is 0 Å². The van der Waals surface area contributed by atoms with Gasteiger partial charge in [0.05, 0.1) is 0 Å². The Balaban J connectivity index is 1.97. The zero-order valence-electron chi connectivity index (χ0n) is 8.15. The van der Waals surface area contributed by atoms with E-state index < -0.39 is 0 Å². The number of hydrogen-bond acceptors (Lipinski definition) is 1. The maximum Gasteiger partial charge on any atom is 0.312 e. The first-order chi connectivity index (χ1) is 6.90. The molecule has 0 saturated heterocycles. The second-order valence-electron chi connectivity index (χ2n) is 3.79. The molecule has 1 radical (unpaired) electrons. The van der Waals surface area contributed by atoms with Gasteiger partial charge in [0.2, 0.25) is 0 Å². The lowest BCUT2D eigenvalue weighted by Gasteiger charge is -2.34. The van der Waals surface area contributed by atoms with Crippen LogP contribution in [0.2, 0.25) is 0 Å². The van der Waals surface area contributed by atoms with Gasteiger partial charge in [-0.15, -0.1) is 0 Å². The van der Waals surface area contributed by atoms with Gasteiger partial charge in [0.1, 0.15) is 0 Å². The van der Waals surface area contributed by atoms with Gasteiger partial charge in [-0.2, -0.15) is 0 Å². The lowest BCUT2D eigenvalue weighted by Crippen LogP contribution is -2.38. The molecule has 1 fully saturated rings. The van der Waals surface area contributed by atoms with Gasteiger partial charge in [-0.05, 0) is 24.8 Å². The van der Waals surface area contributed by atoms with Crippen LogP contribution in [0.25, 0.3) is 0 Å². The Morgan fingerprint density at radius 1 is 1.29 bits per heavy atom. The van der Waals surface area contributed by atoms with Crippen LogP contribution >= 0.6 is 0 Å². The van der Waals surface area contributed by atoms with Crippen LogP contribution in [0.4, 0.5) is 0 Å². The van der Waals surface area contributed by atoms with Crippen LogP contribution in [0.5, 0.6) is 0 Å². The van der Waals surface area contributed by atoms with Crippen LogP contribution in [-0.4, -0.2) is 17.4 Å². The zero-order chi connectivity index (χ0) is 9.80.